The number of carbonyl (C=O) groups is 1. The van der Waals surface area contributed by atoms with Crippen LogP contribution in [0.4, 0.5) is 5.69 Å². The number of nitrogens with one attached hydrogen (secondary N) is 2. The molecule has 0 bridgehead atoms. The lowest BCUT2D eigenvalue weighted by atomic mass is 10.1. The number of hydrogen-bond acceptors (Lipinski definition) is 5. The predicted molar refractivity (Wildman–Crippen MR) is 129 cm³/mol. The maximum absolute atomic E-state index is 13.0. The molecule has 7 nitrogen and oxygen atoms in total. The summed E-state index contributed by atoms with van der Waals surface area (Å²) >= 11 is 6.16. The third-order valence-corrected chi connectivity index (χ3v) is 6.68. The van der Waals surface area contributed by atoms with Gasteiger partial charge in [-0.05, 0) is 61.4 Å². The molecule has 0 spiro atoms. The van der Waals surface area contributed by atoms with Crippen LogP contribution in [0.5, 0.6) is 11.5 Å². The van der Waals surface area contributed by atoms with Crippen molar-refractivity contribution in [2.24, 2.45) is 0 Å². The van der Waals surface area contributed by atoms with Crippen molar-refractivity contribution in [3.63, 3.8) is 0 Å². The number of ether oxygens (including phenoxy) is 2. The first-order valence-electron chi connectivity index (χ1n) is 10.1. The highest BCUT2D eigenvalue weighted by Crippen LogP contribution is 2.27. The van der Waals surface area contributed by atoms with Gasteiger partial charge >= 0.3 is 0 Å². The molecule has 0 radical (unpaired) electrons. The Morgan fingerprint density at radius 3 is 2.45 bits per heavy atom. The Morgan fingerprint density at radius 2 is 1.73 bits per heavy atom. The lowest BCUT2D eigenvalue weighted by Gasteiger charge is -2.14. The smallest absolute Gasteiger partial charge is 0.263 e. The van der Waals surface area contributed by atoms with Crippen LogP contribution in [-0.4, -0.2) is 34.6 Å². The molecule has 0 aliphatic heterocycles. The Kier molecular flexibility index (Phi) is 7.84. The van der Waals surface area contributed by atoms with Gasteiger partial charge in [-0.1, -0.05) is 35.9 Å². The van der Waals surface area contributed by atoms with Crippen LogP contribution in [0.3, 0.4) is 0 Å². The van der Waals surface area contributed by atoms with Gasteiger partial charge in [0.15, 0.2) is 11.5 Å². The average Bonchev–Trinajstić information content (AvgIpc) is 2.79. The van der Waals surface area contributed by atoms with Crippen LogP contribution < -0.4 is 19.5 Å². The number of benzene rings is 3. The van der Waals surface area contributed by atoms with Crippen molar-refractivity contribution in [3.05, 3.63) is 82.4 Å². The summed E-state index contributed by atoms with van der Waals surface area (Å²) in [6, 6.07) is 16.7. The van der Waals surface area contributed by atoms with E-state index >= 15 is 0 Å². The van der Waals surface area contributed by atoms with E-state index in [2.05, 4.69) is 10.0 Å². The molecule has 1 amide bonds. The van der Waals surface area contributed by atoms with Gasteiger partial charge in [-0.25, -0.2) is 8.42 Å². The van der Waals surface area contributed by atoms with Crippen molar-refractivity contribution in [2.45, 2.75) is 18.7 Å². The number of hydrogen-bond donors (Lipinski definition) is 2. The average molecular weight is 489 g/mol. The second-order valence-electron chi connectivity index (χ2n) is 7.32. The SMILES string of the molecule is COc1ccccc1OCCNC(=O)c1ccc(Cl)c(S(=O)(=O)Nc2cc(C)ccc2C)c1. The van der Waals surface area contributed by atoms with Crippen LogP contribution >= 0.6 is 11.6 Å². The fourth-order valence-corrected chi connectivity index (χ4v) is 4.71. The van der Waals surface area contributed by atoms with Crippen molar-refractivity contribution in [2.75, 3.05) is 25.0 Å². The first-order valence-corrected chi connectivity index (χ1v) is 12.0. The van der Waals surface area contributed by atoms with E-state index in [4.69, 9.17) is 21.1 Å². The van der Waals surface area contributed by atoms with Crippen molar-refractivity contribution in [1.29, 1.82) is 0 Å². The summed E-state index contributed by atoms with van der Waals surface area (Å²) in [6.07, 6.45) is 0. The van der Waals surface area contributed by atoms with E-state index in [0.717, 1.165) is 11.1 Å². The van der Waals surface area contributed by atoms with Crippen molar-refractivity contribution < 1.29 is 22.7 Å². The second kappa shape index (κ2) is 10.6. The van der Waals surface area contributed by atoms with Gasteiger partial charge in [-0.3, -0.25) is 9.52 Å². The zero-order valence-corrected chi connectivity index (χ0v) is 20.1. The van der Waals surface area contributed by atoms with Crippen LogP contribution in [0.2, 0.25) is 5.02 Å². The number of methoxy groups -OCH3 is 1. The van der Waals surface area contributed by atoms with Crippen molar-refractivity contribution in [1.82, 2.24) is 5.32 Å². The van der Waals surface area contributed by atoms with E-state index in [1.54, 1.807) is 32.2 Å². The third kappa shape index (κ3) is 6.18. The van der Waals surface area contributed by atoms with E-state index < -0.39 is 15.9 Å². The summed E-state index contributed by atoms with van der Waals surface area (Å²) in [5, 5.41) is 2.73. The minimum absolute atomic E-state index is 0.0175. The molecule has 0 aliphatic rings. The van der Waals surface area contributed by atoms with Crippen LogP contribution in [0, 0.1) is 13.8 Å². The van der Waals surface area contributed by atoms with Gasteiger partial charge in [-0.15, -0.1) is 0 Å². The number of aryl methyl sites for hydroxylation is 2. The van der Waals surface area contributed by atoms with Crippen LogP contribution in [0.1, 0.15) is 21.5 Å². The normalized spacial score (nSPS) is 11.0. The quantitative estimate of drug-likeness (QED) is 0.430. The first kappa shape index (κ1) is 24.4. The minimum atomic E-state index is -4.01. The summed E-state index contributed by atoms with van der Waals surface area (Å²) in [7, 11) is -2.46. The molecule has 3 rings (SSSR count). The number of sulfonamides is 1. The molecule has 0 unspecified atom stereocenters. The fourth-order valence-electron chi connectivity index (χ4n) is 3.06. The number of para-hydroxylation sites is 2. The Morgan fingerprint density at radius 1 is 1.00 bits per heavy atom. The van der Waals surface area contributed by atoms with Crippen molar-refractivity contribution >= 4 is 33.2 Å². The van der Waals surface area contributed by atoms with E-state index in [9.17, 15) is 13.2 Å². The van der Waals surface area contributed by atoms with E-state index in [1.807, 2.05) is 31.2 Å². The molecule has 33 heavy (non-hydrogen) atoms. The van der Waals surface area contributed by atoms with Crippen LogP contribution in [-0.2, 0) is 10.0 Å². The Balaban J connectivity index is 1.68. The molecule has 0 atom stereocenters. The Labute approximate surface area is 198 Å². The molecular formula is C24H25ClN2O5S. The van der Waals surface area contributed by atoms with Crippen LogP contribution in [0.25, 0.3) is 0 Å². The predicted octanol–water partition coefficient (Wildman–Crippen LogP) is 4.58. The lowest BCUT2D eigenvalue weighted by Crippen LogP contribution is -2.28. The summed E-state index contributed by atoms with van der Waals surface area (Å²) in [6.45, 7) is 4.09. The van der Waals surface area contributed by atoms with Crippen molar-refractivity contribution in [3.8, 4) is 11.5 Å². The molecule has 0 heterocycles. The maximum Gasteiger partial charge on any atom is 0.263 e. The maximum atomic E-state index is 13.0. The lowest BCUT2D eigenvalue weighted by molar-refractivity contribution is 0.0946. The summed E-state index contributed by atoms with van der Waals surface area (Å²) < 4.78 is 39.4. The number of amides is 1. The zero-order chi connectivity index (χ0) is 24.0. The number of anilines is 1. The molecule has 0 saturated carbocycles. The van der Waals surface area contributed by atoms with Gasteiger partial charge in [0.05, 0.1) is 24.4 Å². The molecule has 3 aromatic rings. The standard InChI is InChI=1S/C24H25ClN2O5S/c1-16-8-9-17(2)20(14-16)27-33(29,30)23-15-18(10-11-19(23)25)24(28)26-12-13-32-22-7-5-4-6-21(22)31-3/h4-11,14-15,27H,12-13H2,1-3H3,(H,26,28). The van der Waals surface area contributed by atoms with Crippen LogP contribution in [0.15, 0.2) is 65.6 Å². The van der Waals surface area contributed by atoms with Gasteiger partial charge in [0, 0.05) is 5.56 Å². The first-order chi connectivity index (χ1) is 15.7. The van der Waals surface area contributed by atoms with Gasteiger partial charge < -0.3 is 14.8 Å². The molecule has 2 N–H and O–H groups in total. The molecule has 0 fully saturated rings. The molecule has 0 saturated heterocycles. The van der Waals surface area contributed by atoms with Gasteiger partial charge in [0.2, 0.25) is 0 Å². The Bertz CT molecular complexity index is 1260. The number of carbonyl (C=O) groups excluding carboxylic acids is 1. The summed E-state index contributed by atoms with van der Waals surface area (Å²) in [4.78, 5) is 12.4. The molecule has 3 aromatic carbocycles. The third-order valence-electron chi connectivity index (χ3n) is 4.83. The molecule has 0 aromatic heterocycles. The fraction of sp³-hybridized carbons (Fsp3) is 0.208. The largest absolute Gasteiger partial charge is 0.493 e. The molecule has 0 aliphatic carbocycles. The topological polar surface area (TPSA) is 93.7 Å². The molecular weight excluding hydrogens is 464 g/mol. The summed E-state index contributed by atoms with van der Waals surface area (Å²) in [5.74, 6) is 0.706. The van der Waals surface area contributed by atoms with E-state index in [-0.39, 0.29) is 28.6 Å². The highest BCUT2D eigenvalue weighted by atomic mass is 35.5. The Hall–Kier alpha value is -3.23. The van der Waals surface area contributed by atoms with Gasteiger partial charge in [0.25, 0.3) is 15.9 Å². The highest BCUT2D eigenvalue weighted by molar-refractivity contribution is 7.92. The monoisotopic (exact) mass is 488 g/mol. The summed E-state index contributed by atoms with van der Waals surface area (Å²) in [5.41, 5.74) is 2.30. The van der Waals surface area contributed by atoms with E-state index in [1.165, 1.54) is 18.2 Å². The highest BCUT2D eigenvalue weighted by Gasteiger charge is 2.21. The van der Waals surface area contributed by atoms with Gasteiger partial charge in [0.1, 0.15) is 11.5 Å². The molecule has 174 valence electrons. The second-order valence-corrected chi connectivity index (χ2v) is 9.38. The number of rotatable bonds is 9. The zero-order valence-electron chi connectivity index (χ0n) is 18.5. The number of halogens is 1. The van der Waals surface area contributed by atoms with E-state index in [0.29, 0.717) is 17.2 Å². The van der Waals surface area contributed by atoms with Gasteiger partial charge in [-0.2, -0.15) is 0 Å². The minimum Gasteiger partial charge on any atom is -0.493 e. The molecule has 9 heteroatoms.